The van der Waals surface area contributed by atoms with Gasteiger partial charge in [0, 0.05) is 31.2 Å². The minimum Gasteiger partial charge on any atom is -0.480 e. The largest absolute Gasteiger partial charge is 0.480 e. The third kappa shape index (κ3) is 3.92. The van der Waals surface area contributed by atoms with Crippen LogP contribution < -0.4 is 10.6 Å². The summed E-state index contributed by atoms with van der Waals surface area (Å²) in [5.74, 6) is -4.98. The molecular weight excluding hydrogens is 482 g/mol. The molecular formula is C20H21ClF2N4O5S. The second kappa shape index (κ2) is 7.78. The van der Waals surface area contributed by atoms with Gasteiger partial charge in [-0.1, -0.05) is 11.6 Å². The standard InChI is InChI=1S/C20H21ClF2N4O5S/c21-13-5-11(26-4-3-20(22,23)10-26)1-2-15(13)33(31,32)12-6-14(17(28)29)27(8-12)16-7-19(16,9-24)18(25)30/h1-2,5,12,14,16H,3-4,6-8,10H2,(H2,25,30)(H,28,29)/t12-,14+,16?,19?/m1/s1. The van der Waals surface area contributed by atoms with Gasteiger partial charge in [-0.25, -0.2) is 17.2 Å². The number of aliphatic carboxylic acids is 1. The lowest BCUT2D eigenvalue weighted by molar-refractivity contribution is -0.142. The van der Waals surface area contributed by atoms with Crippen molar-refractivity contribution < 1.29 is 31.9 Å². The Bertz CT molecular complexity index is 1170. The maximum atomic E-state index is 13.5. The molecule has 4 rings (SSSR count). The number of carbonyl (C=O) groups is 2. The first kappa shape index (κ1) is 23.7. The molecule has 0 aromatic heterocycles. The van der Waals surface area contributed by atoms with Gasteiger partial charge in [0.2, 0.25) is 5.91 Å². The first-order chi connectivity index (χ1) is 15.3. The van der Waals surface area contributed by atoms with Gasteiger partial charge < -0.3 is 15.7 Å². The van der Waals surface area contributed by atoms with Gasteiger partial charge in [-0.3, -0.25) is 14.5 Å². The zero-order valence-corrected chi connectivity index (χ0v) is 18.8. The van der Waals surface area contributed by atoms with Crippen LogP contribution in [0.4, 0.5) is 14.5 Å². The molecule has 3 fully saturated rings. The van der Waals surface area contributed by atoms with Crippen LogP contribution in [0, 0.1) is 16.7 Å². The summed E-state index contributed by atoms with van der Waals surface area (Å²) in [6, 6.07) is 3.79. The van der Waals surface area contributed by atoms with E-state index >= 15 is 0 Å². The fourth-order valence-corrected chi connectivity index (χ4v) is 7.02. The Labute approximate surface area is 193 Å². The lowest BCUT2D eigenvalue weighted by Gasteiger charge is -2.22. The highest BCUT2D eigenvalue weighted by Crippen LogP contribution is 2.51. The highest BCUT2D eigenvalue weighted by atomic mass is 35.5. The molecule has 13 heteroatoms. The maximum absolute atomic E-state index is 13.5. The second-order valence-corrected chi connectivity index (χ2v) is 11.4. The van der Waals surface area contributed by atoms with Gasteiger partial charge in [0.05, 0.1) is 27.8 Å². The van der Waals surface area contributed by atoms with Crippen molar-refractivity contribution in [3.8, 4) is 6.07 Å². The molecule has 33 heavy (non-hydrogen) atoms. The molecule has 2 aliphatic heterocycles. The van der Waals surface area contributed by atoms with E-state index in [4.69, 9.17) is 17.3 Å². The molecule has 0 spiro atoms. The van der Waals surface area contributed by atoms with Crippen molar-refractivity contribution in [1.29, 1.82) is 5.26 Å². The number of alkyl halides is 2. The van der Waals surface area contributed by atoms with E-state index in [2.05, 4.69) is 0 Å². The molecule has 3 aliphatic rings. The normalized spacial score (nSPS) is 31.3. The molecule has 3 N–H and O–H groups in total. The molecule has 1 saturated carbocycles. The Hall–Kier alpha value is -2.49. The number of rotatable bonds is 6. The summed E-state index contributed by atoms with van der Waals surface area (Å²) in [4.78, 5) is 26.1. The molecule has 2 saturated heterocycles. The number of sulfone groups is 1. The molecule has 2 unspecified atom stereocenters. The number of primary amides is 1. The van der Waals surface area contributed by atoms with E-state index in [0.29, 0.717) is 5.69 Å². The molecule has 1 aromatic rings. The molecule has 2 heterocycles. The van der Waals surface area contributed by atoms with E-state index in [1.54, 1.807) is 0 Å². The number of hydrogen-bond acceptors (Lipinski definition) is 7. The van der Waals surface area contributed by atoms with Crippen LogP contribution in [0.25, 0.3) is 0 Å². The number of carboxylic acids is 1. The third-order valence-corrected chi connectivity index (χ3v) is 9.36. The van der Waals surface area contributed by atoms with E-state index in [-0.39, 0.29) is 42.3 Å². The van der Waals surface area contributed by atoms with E-state index < -0.39 is 56.9 Å². The number of carbonyl (C=O) groups excluding carboxylic acids is 1. The fourth-order valence-electron chi connectivity index (χ4n) is 4.77. The number of halogens is 3. The average Bonchev–Trinajstić information content (AvgIpc) is 3.11. The van der Waals surface area contributed by atoms with Crippen molar-refractivity contribution in [3.05, 3.63) is 23.2 Å². The van der Waals surface area contributed by atoms with Crippen LogP contribution in [0.1, 0.15) is 19.3 Å². The van der Waals surface area contributed by atoms with Gasteiger partial charge in [0.1, 0.15) is 6.04 Å². The van der Waals surface area contributed by atoms with Gasteiger partial charge >= 0.3 is 5.97 Å². The summed E-state index contributed by atoms with van der Waals surface area (Å²) < 4.78 is 53.7. The van der Waals surface area contributed by atoms with Gasteiger partial charge in [-0.05, 0) is 31.0 Å². The van der Waals surface area contributed by atoms with Crippen LogP contribution in [0.5, 0.6) is 0 Å². The minimum atomic E-state index is -4.10. The van der Waals surface area contributed by atoms with E-state index in [0.717, 1.165) is 0 Å². The molecule has 1 aromatic carbocycles. The van der Waals surface area contributed by atoms with Crippen molar-refractivity contribution in [3.63, 3.8) is 0 Å². The highest BCUT2D eigenvalue weighted by Gasteiger charge is 2.66. The zero-order chi connectivity index (χ0) is 24.3. The van der Waals surface area contributed by atoms with E-state index in [1.807, 2.05) is 6.07 Å². The van der Waals surface area contributed by atoms with Crippen molar-refractivity contribution >= 4 is 39.0 Å². The van der Waals surface area contributed by atoms with Gasteiger partial charge in [0.25, 0.3) is 5.92 Å². The number of benzene rings is 1. The number of likely N-dealkylation sites (tertiary alicyclic amines) is 1. The number of nitrogens with two attached hydrogens (primary N) is 1. The lowest BCUT2D eigenvalue weighted by atomic mass is 10.1. The number of carboxylic acid groups (broad SMARTS) is 1. The molecule has 0 radical (unpaired) electrons. The van der Waals surface area contributed by atoms with Gasteiger partial charge in [0.15, 0.2) is 15.3 Å². The average molecular weight is 503 g/mol. The molecule has 1 amide bonds. The van der Waals surface area contributed by atoms with Crippen molar-refractivity contribution in [2.24, 2.45) is 11.1 Å². The maximum Gasteiger partial charge on any atom is 0.320 e. The lowest BCUT2D eigenvalue weighted by Crippen LogP contribution is -2.42. The summed E-state index contributed by atoms with van der Waals surface area (Å²) in [5.41, 5.74) is 4.14. The number of hydrogen-bond donors (Lipinski definition) is 2. The van der Waals surface area contributed by atoms with Crippen molar-refractivity contribution in [2.75, 3.05) is 24.5 Å². The highest BCUT2D eigenvalue weighted by molar-refractivity contribution is 7.92. The third-order valence-electron chi connectivity index (χ3n) is 6.75. The molecule has 178 valence electrons. The predicted octanol–water partition coefficient (Wildman–Crippen LogP) is 1.25. The SMILES string of the molecule is N#CC1(C(N)=O)CC1N1C[C@H](S(=O)(=O)c2ccc(N3CCC(F)(F)C3)cc2Cl)C[C@H]1C(=O)O. The Morgan fingerprint density at radius 1 is 1.33 bits per heavy atom. The Balaban J connectivity index is 1.58. The topological polar surface area (TPSA) is 145 Å². The van der Waals surface area contributed by atoms with Gasteiger partial charge in [-0.15, -0.1) is 0 Å². The van der Waals surface area contributed by atoms with Crippen LogP contribution in [-0.2, 0) is 19.4 Å². The van der Waals surface area contributed by atoms with E-state index in [9.17, 15) is 37.2 Å². The molecule has 4 atom stereocenters. The Morgan fingerprint density at radius 2 is 2.03 bits per heavy atom. The summed E-state index contributed by atoms with van der Waals surface area (Å²) in [5, 5.41) is 17.7. The zero-order valence-electron chi connectivity index (χ0n) is 17.2. The Kier molecular flexibility index (Phi) is 5.58. The number of amides is 1. The predicted molar refractivity (Wildman–Crippen MR) is 113 cm³/mol. The Morgan fingerprint density at radius 3 is 2.52 bits per heavy atom. The van der Waals surface area contributed by atoms with Crippen LogP contribution in [0.15, 0.2) is 23.1 Å². The summed E-state index contributed by atoms with van der Waals surface area (Å²) in [6.07, 6.45) is -0.536. The number of nitriles is 1. The van der Waals surface area contributed by atoms with Crippen molar-refractivity contribution in [2.45, 2.75) is 47.4 Å². The van der Waals surface area contributed by atoms with E-state index in [1.165, 1.54) is 28.0 Å². The first-order valence-electron chi connectivity index (χ1n) is 10.2. The second-order valence-electron chi connectivity index (χ2n) is 8.76. The fraction of sp³-hybridized carbons (Fsp3) is 0.550. The quantitative estimate of drug-likeness (QED) is 0.591. The molecule has 1 aliphatic carbocycles. The first-order valence-corrected chi connectivity index (χ1v) is 12.1. The van der Waals surface area contributed by atoms with Gasteiger partial charge in [-0.2, -0.15) is 5.26 Å². The summed E-state index contributed by atoms with van der Waals surface area (Å²) in [7, 11) is -4.10. The van der Waals surface area contributed by atoms with Crippen LogP contribution in [0.3, 0.4) is 0 Å². The van der Waals surface area contributed by atoms with Crippen LogP contribution in [-0.4, -0.2) is 73.2 Å². The van der Waals surface area contributed by atoms with Crippen molar-refractivity contribution in [1.82, 2.24) is 4.90 Å². The summed E-state index contributed by atoms with van der Waals surface area (Å²) >= 11 is 6.23. The summed E-state index contributed by atoms with van der Waals surface area (Å²) in [6.45, 7) is -0.596. The molecule has 0 bridgehead atoms. The number of anilines is 1. The molecule has 9 nitrogen and oxygen atoms in total. The van der Waals surface area contributed by atoms with Crippen LogP contribution in [0.2, 0.25) is 5.02 Å². The smallest absolute Gasteiger partial charge is 0.320 e. The minimum absolute atomic E-state index is 0.0330. The monoisotopic (exact) mass is 502 g/mol. The number of nitrogens with zero attached hydrogens (tertiary/aromatic N) is 3. The van der Waals surface area contributed by atoms with Crippen LogP contribution >= 0.6 is 11.6 Å².